The van der Waals surface area contributed by atoms with Crippen molar-refractivity contribution in [2.45, 2.75) is 67.7 Å². The normalized spacial score (nSPS) is 12.1. The zero-order chi connectivity index (χ0) is 84.0. The van der Waals surface area contributed by atoms with Crippen molar-refractivity contribution in [2.24, 2.45) is 0 Å². The minimum Gasteiger partial charge on any atom is -0.506 e. The summed E-state index contributed by atoms with van der Waals surface area (Å²) in [5.74, 6) is 0.842. The average molecular weight is 1750 g/mol. The van der Waals surface area contributed by atoms with Gasteiger partial charge < -0.3 is 33.0 Å². The minimum atomic E-state index is -5.09. The van der Waals surface area contributed by atoms with E-state index in [1.165, 1.54) is 134 Å². The molecule has 0 aliphatic heterocycles. The van der Waals surface area contributed by atoms with E-state index in [9.17, 15) is 77.0 Å². The molecule has 0 radical (unpaired) electrons. The number of para-hydroxylation sites is 2. The number of phenolic OH excluding ortho intramolecular Hbond substituents is 1. The Morgan fingerprint density at radius 2 is 0.590 bits per heavy atom. The van der Waals surface area contributed by atoms with Crippen molar-refractivity contribution in [1.29, 1.82) is 0 Å². The lowest BCUT2D eigenvalue weighted by Gasteiger charge is -2.15. The highest BCUT2D eigenvalue weighted by molar-refractivity contribution is 8.13. The number of rotatable bonds is 23. The van der Waals surface area contributed by atoms with E-state index >= 15 is 0 Å². The molecule has 0 aliphatic carbocycles. The van der Waals surface area contributed by atoms with E-state index in [4.69, 9.17) is 38.5 Å². The van der Waals surface area contributed by atoms with Gasteiger partial charge in [-0.05, 0) is 238 Å². The lowest BCUT2D eigenvalue weighted by molar-refractivity contribution is 0.448. The lowest BCUT2D eigenvalue weighted by atomic mass is 10.2. The van der Waals surface area contributed by atoms with Crippen LogP contribution in [0.3, 0.4) is 0 Å². The molecule has 0 aliphatic rings. The zero-order valence-electron chi connectivity index (χ0n) is 61.2. The third kappa shape index (κ3) is 20.4. The topological polar surface area (TPSA) is 395 Å². The number of sulfone groups is 5. The van der Waals surface area contributed by atoms with Gasteiger partial charge in [0.15, 0.2) is 25.4 Å². The first kappa shape index (κ1) is 84.3. The largest absolute Gasteiger partial charge is 0.506 e. The van der Waals surface area contributed by atoms with E-state index in [0.717, 1.165) is 77.6 Å². The van der Waals surface area contributed by atoms with Crippen LogP contribution in [-0.2, 0) is 78.5 Å². The van der Waals surface area contributed by atoms with Gasteiger partial charge in [-0.1, -0.05) is 71.8 Å². The fraction of sp³-hybridized carbons (Fsp3) is 0.0488. The Morgan fingerprint density at radius 1 is 0.299 bits per heavy atom. The van der Waals surface area contributed by atoms with E-state index in [1.807, 2.05) is 56.3 Å². The van der Waals surface area contributed by atoms with Crippen LogP contribution in [-0.4, -0.2) is 99.5 Å². The van der Waals surface area contributed by atoms with Gasteiger partial charge in [-0.15, -0.1) is 0 Å². The number of aromatic hydroxyl groups is 1. The molecule has 35 heteroatoms. The fourth-order valence-corrected chi connectivity index (χ4v) is 19.1. The molecule has 26 nitrogen and oxygen atoms in total. The molecule has 0 bridgehead atoms. The number of benzene rings is 12. The van der Waals surface area contributed by atoms with Crippen molar-refractivity contribution in [1.82, 2.24) is 9.97 Å². The maximum Gasteiger partial charge on any atom is 0.343 e. The molecule has 0 amide bonds. The summed E-state index contributed by atoms with van der Waals surface area (Å²) in [7, 11) is -28.9. The highest BCUT2D eigenvalue weighted by atomic mass is 35.7. The van der Waals surface area contributed by atoms with Crippen LogP contribution in [0.25, 0.3) is 21.8 Å². The predicted octanol–water partition coefficient (Wildman–Crippen LogP) is 16.7. The molecule has 0 spiro atoms. The molecule has 2 heterocycles. The summed E-state index contributed by atoms with van der Waals surface area (Å²) < 4.78 is 251. The summed E-state index contributed by atoms with van der Waals surface area (Å²) >= 11 is 0. The summed E-state index contributed by atoms with van der Waals surface area (Å²) in [4.78, 5) is 4.11. The molecule has 14 aromatic rings. The number of halogens is 1. The Kier molecular flexibility index (Phi) is 24.5. The monoisotopic (exact) mass is 1750 g/mol. The lowest BCUT2D eigenvalue weighted by Crippen LogP contribution is -2.13. The van der Waals surface area contributed by atoms with E-state index in [-0.39, 0.29) is 69.4 Å². The summed E-state index contributed by atoms with van der Waals surface area (Å²) in [6.07, 6.45) is 5.15. The molecule has 14 rings (SSSR count). The van der Waals surface area contributed by atoms with Gasteiger partial charge in [0.1, 0.15) is 89.0 Å². The Hall–Kier alpha value is -12.1. The van der Waals surface area contributed by atoms with Crippen molar-refractivity contribution in [2.75, 3.05) is 12.5 Å². The molecule has 2 aromatic heterocycles. The van der Waals surface area contributed by atoms with Gasteiger partial charge in [-0.25, -0.2) is 50.5 Å². The van der Waals surface area contributed by atoms with Crippen LogP contribution >= 0.6 is 10.7 Å². The zero-order valence-corrected chi connectivity index (χ0v) is 68.5. The molecular formula is C82H63ClN2O24S8. The number of nitrogens with zero attached hydrogens (tertiary/aromatic N) is 2. The Balaban J connectivity index is 0.000000213. The van der Waals surface area contributed by atoms with Crippen LogP contribution in [0.5, 0.6) is 69.0 Å². The van der Waals surface area contributed by atoms with E-state index in [1.54, 1.807) is 66.9 Å². The second-order valence-electron chi connectivity index (χ2n) is 25.5. The van der Waals surface area contributed by atoms with Crippen LogP contribution < -0.4 is 27.9 Å². The first-order valence-corrected chi connectivity index (χ1v) is 47.4. The maximum atomic E-state index is 14.2. The molecule has 2 N–H and O–H groups in total. The smallest absolute Gasteiger partial charge is 0.343 e. The molecule has 0 fully saturated rings. The van der Waals surface area contributed by atoms with E-state index in [0.29, 0.717) is 40.0 Å². The molecule has 12 aromatic carbocycles. The number of phenols is 1. The van der Waals surface area contributed by atoms with Gasteiger partial charge in [0, 0.05) is 46.4 Å². The van der Waals surface area contributed by atoms with E-state index < -0.39 is 114 Å². The highest BCUT2D eigenvalue weighted by Crippen LogP contribution is 2.41. The maximum absolute atomic E-state index is 14.2. The minimum absolute atomic E-state index is 0.0205. The number of aromatic nitrogens is 2. The molecule has 0 atom stereocenters. The number of ether oxygens (including phenoxy) is 5. The number of aryl methyl sites for hydroxylation is 2. The van der Waals surface area contributed by atoms with Crippen molar-refractivity contribution >= 4 is 111 Å². The van der Waals surface area contributed by atoms with Gasteiger partial charge in [0.2, 0.25) is 29.5 Å². The Bertz CT molecular complexity index is 7090. The van der Waals surface area contributed by atoms with Gasteiger partial charge in [0.25, 0.3) is 19.2 Å². The third-order valence-corrected chi connectivity index (χ3v) is 28.0. The molecular weight excluding hydrogens is 1690 g/mol. The average Bonchev–Trinajstić information content (AvgIpc) is 0.784. The summed E-state index contributed by atoms with van der Waals surface area (Å²) in [5.41, 5.74) is 2.95. The van der Waals surface area contributed by atoms with Crippen LogP contribution in [0.15, 0.2) is 351 Å². The van der Waals surface area contributed by atoms with E-state index in [2.05, 4.69) is 9.97 Å². The number of fused-ring (bicyclic) bond motifs is 2. The standard InChI is InChI=1S/C47H35NO15S5.C26H21ClO8S3.C9H7NO/c1-31-8-10-33(11-9-31)60-34-14-20-38(21-15-34)66(53,54)41-25-27-43(46(30-41)68(58,59)63-44-7-3-5-32-6-4-28-48-47(32)44)62-36-16-22-39(23-17-36)65(51,52)40-24-26-42(45(29-40)67(55,56)57)61-35-12-18-37(19-13-35)64(2,49)50;1-18-3-5-19(6-4-18)34-20-9-13-23(14-10-20)37(30,31)24-15-16-25(26(17-24)38(27,32)33)35-21-7-11-22(12-8-21)36(2,28)29;11-8-5-1-3-7-4-2-6-10-9(7)8/h3-30H,1-2H3,(H,55,56,57);3-17H,1-2H3;1-6,11H. The molecule has 0 saturated heterocycles. The highest BCUT2D eigenvalue weighted by Gasteiger charge is 2.31. The second kappa shape index (κ2) is 34.0. The first-order chi connectivity index (χ1) is 55.2. The summed E-state index contributed by atoms with van der Waals surface area (Å²) in [6.45, 7) is 3.87. The SMILES string of the molecule is Cc1ccc(Oc2ccc(S(=O)(=O)c3ccc(Oc4ccc(S(=O)(=O)c5ccc(Oc6ccc(S(C)(=O)=O)cc6)c(S(=O)(=O)O)c5)cc4)c(S(=O)(=O)Oc4cccc5cccnc45)c3)cc2)cc1.Cc1ccc(Oc2ccc(S(=O)(=O)c3ccc(Oc4ccc(S(C)(=O)=O)cc4)c(S(=O)(=O)Cl)c3)cc2)cc1.Oc1cccc2cccnc12. The van der Waals surface area contributed by atoms with Crippen LogP contribution in [0.1, 0.15) is 11.1 Å². The Labute approximate surface area is 678 Å². The van der Waals surface area contributed by atoms with Gasteiger partial charge in [0.05, 0.1) is 39.2 Å². The van der Waals surface area contributed by atoms with Crippen molar-refractivity contribution in [3.05, 3.63) is 309 Å². The number of hydrogen-bond acceptors (Lipinski definition) is 25. The third-order valence-electron chi connectivity index (χ3n) is 17.0. The van der Waals surface area contributed by atoms with Gasteiger partial charge in [-0.2, -0.15) is 16.8 Å². The van der Waals surface area contributed by atoms with Crippen molar-refractivity contribution < 1.29 is 105 Å². The van der Waals surface area contributed by atoms with Crippen LogP contribution in [0.4, 0.5) is 0 Å². The first-order valence-electron chi connectivity index (χ1n) is 34.0. The second-order valence-corrected chi connectivity index (χ2v) is 40.8. The summed E-state index contributed by atoms with van der Waals surface area (Å²) in [5, 5.41) is 10.8. The Morgan fingerprint density at radius 3 is 0.949 bits per heavy atom. The van der Waals surface area contributed by atoms with Crippen LogP contribution in [0.2, 0.25) is 0 Å². The number of hydrogen-bond donors (Lipinski definition) is 2. The van der Waals surface area contributed by atoms with Crippen molar-refractivity contribution in [3.8, 4) is 69.0 Å². The fourth-order valence-electron chi connectivity index (χ4n) is 11.0. The number of pyridine rings is 2. The molecule has 0 saturated carbocycles. The molecule has 0 unspecified atom stereocenters. The molecule has 117 heavy (non-hydrogen) atoms. The summed E-state index contributed by atoms with van der Waals surface area (Å²) in [6, 6.07) is 66.6. The quantitative estimate of drug-likeness (QED) is 0.0341. The van der Waals surface area contributed by atoms with Crippen LogP contribution in [0, 0.1) is 13.8 Å². The van der Waals surface area contributed by atoms with Crippen molar-refractivity contribution in [3.63, 3.8) is 0 Å². The molecule has 600 valence electrons. The van der Waals surface area contributed by atoms with Gasteiger partial charge >= 0.3 is 10.1 Å². The van der Waals surface area contributed by atoms with Gasteiger partial charge in [-0.3, -0.25) is 14.5 Å². The predicted molar refractivity (Wildman–Crippen MR) is 433 cm³/mol.